The van der Waals surface area contributed by atoms with Crippen molar-refractivity contribution in [3.63, 3.8) is 0 Å². The minimum absolute atomic E-state index is 0.0110. The minimum atomic E-state index is -0.181. The third kappa shape index (κ3) is 2.74. The molecule has 3 unspecified atom stereocenters. The third-order valence-electron chi connectivity index (χ3n) is 5.94. The van der Waals surface area contributed by atoms with E-state index in [1.54, 1.807) is 20.2 Å². The Morgan fingerprint density at radius 1 is 1.24 bits per heavy atom. The molecule has 3 fully saturated rings. The average molecular weight is 391 g/mol. The highest BCUT2D eigenvalue weighted by Crippen LogP contribution is 2.53. The summed E-state index contributed by atoms with van der Waals surface area (Å²) in [6, 6.07) is 11.5. The van der Waals surface area contributed by atoms with Gasteiger partial charge < -0.3 is 14.2 Å². The smallest absolute Gasteiger partial charge is 0.275 e. The van der Waals surface area contributed by atoms with Gasteiger partial charge in [-0.15, -0.1) is 0 Å². The van der Waals surface area contributed by atoms with Crippen LogP contribution in [-0.2, 0) is 0 Å². The lowest BCUT2D eigenvalue weighted by Crippen LogP contribution is -2.40. The summed E-state index contributed by atoms with van der Waals surface area (Å²) < 4.78 is 5.60. The Labute approximate surface area is 167 Å². The Morgan fingerprint density at radius 3 is 2.79 bits per heavy atom. The van der Waals surface area contributed by atoms with Gasteiger partial charge in [-0.25, -0.2) is 4.98 Å². The van der Waals surface area contributed by atoms with E-state index in [1.165, 1.54) is 11.3 Å². The number of oxazole rings is 1. The normalized spacial score (nSPS) is 22.4. The molecule has 8 nitrogen and oxygen atoms in total. The molecule has 4 heterocycles. The van der Waals surface area contributed by atoms with Crippen molar-refractivity contribution in [1.29, 1.82) is 0 Å². The van der Waals surface area contributed by atoms with Gasteiger partial charge in [-0.3, -0.25) is 14.7 Å². The monoisotopic (exact) mass is 391 g/mol. The Balaban J connectivity index is 1.36. The summed E-state index contributed by atoms with van der Waals surface area (Å²) >= 11 is 0. The van der Waals surface area contributed by atoms with E-state index in [0.717, 1.165) is 17.7 Å². The number of nitrogens with zero attached hydrogens (tertiary/aromatic N) is 4. The maximum atomic E-state index is 13.1. The van der Waals surface area contributed by atoms with Crippen molar-refractivity contribution in [1.82, 2.24) is 25.0 Å². The lowest BCUT2D eigenvalue weighted by molar-refractivity contribution is 0.0723. The van der Waals surface area contributed by atoms with Crippen LogP contribution in [0.1, 0.15) is 39.1 Å². The number of benzene rings is 1. The Bertz CT molecular complexity index is 1070. The van der Waals surface area contributed by atoms with Gasteiger partial charge in [-0.2, -0.15) is 5.10 Å². The van der Waals surface area contributed by atoms with Crippen LogP contribution < -0.4 is 0 Å². The van der Waals surface area contributed by atoms with Gasteiger partial charge in [0.25, 0.3) is 11.8 Å². The number of carbonyl (C=O) groups is 2. The van der Waals surface area contributed by atoms with Crippen LogP contribution >= 0.6 is 0 Å². The molecule has 1 aromatic carbocycles. The van der Waals surface area contributed by atoms with Crippen LogP contribution in [-0.4, -0.2) is 63.5 Å². The number of aromatic nitrogens is 3. The predicted molar refractivity (Wildman–Crippen MR) is 104 cm³/mol. The maximum Gasteiger partial charge on any atom is 0.275 e. The number of carbonyl (C=O) groups excluding carboxylic acids is 2. The number of aromatic amines is 1. The van der Waals surface area contributed by atoms with E-state index in [9.17, 15) is 9.59 Å². The minimum Gasteiger partial charge on any atom is -0.447 e. The topological polar surface area (TPSA) is 95.3 Å². The van der Waals surface area contributed by atoms with Crippen LogP contribution in [0.5, 0.6) is 0 Å². The van der Waals surface area contributed by atoms with E-state index in [2.05, 4.69) is 15.2 Å². The van der Waals surface area contributed by atoms with E-state index in [4.69, 9.17) is 4.42 Å². The fourth-order valence-corrected chi connectivity index (χ4v) is 4.45. The zero-order valence-corrected chi connectivity index (χ0v) is 16.2. The number of hydrogen-bond acceptors (Lipinski definition) is 5. The van der Waals surface area contributed by atoms with E-state index in [1.807, 2.05) is 35.2 Å². The molecule has 8 heteroatoms. The molecule has 2 aliphatic heterocycles. The molecule has 3 atom stereocenters. The quantitative estimate of drug-likeness (QED) is 0.737. The Morgan fingerprint density at radius 2 is 2.03 bits per heavy atom. The van der Waals surface area contributed by atoms with Crippen LogP contribution in [0.3, 0.4) is 0 Å². The van der Waals surface area contributed by atoms with E-state index in [0.29, 0.717) is 23.7 Å². The van der Waals surface area contributed by atoms with Crippen molar-refractivity contribution >= 4 is 11.8 Å². The molecule has 29 heavy (non-hydrogen) atoms. The van der Waals surface area contributed by atoms with Gasteiger partial charge in [-0.05, 0) is 18.4 Å². The SMILES string of the molecule is CN(C)C(=O)c1ncoc1C1C2CC1N(C(=O)c1cc(-c3ccccc3)n[nH]1)C2. The molecule has 0 radical (unpaired) electrons. The van der Waals surface area contributed by atoms with Gasteiger partial charge in [0.1, 0.15) is 11.5 Å². The summed E-state index contributed by atoms with van der Waals surface area (Å²) in [7, 11) is 3.38. The molecule has 1 aliphatic carbocycles. The number of H-pyrrole nitrogens is 1. The molecule has 0 spiro atoms. The van der Waals surface area contributed by atoms with Gasteiger partial charge in [0.05, 0.1) is 5.69 Å². The summed E-state index contributed by atoms with van der Waals surface area (Å²) in [6.45, 7) is 0.643. The van der Waals surface area contributed by atoms with Crippen molar-refractivity contribution in [3.05, 3.63) is 59.9 Å². The van der Waals surface area contributed by atoms with Crippen LogP contribution in [0.25, 0.3) is 11.3 Å². The second kappa shape index (κ2) is 6.58. The second-order valence-electron chi connectivity index (χ2n) is 7.84. The van der Waals surface area contributed by atoms with Crippen molar-refractivity contribution in [3.8, 4) is 11.3 Å². The molecule has 2 amide bonds. The maximum absolute atomic E-state index is 13.1. The van der Waals surface area contributed by atoms with Crippen molar-refractivity contribution in [2.24, 2.45) is 5.92 Å². The number of rotatable bonds is 4. The first-order chi connectivity index (χ1) is 14.0. The fraction of sp³-hybridized carbons (Fsp3) is 0.333. The fourth-order valence-electron chi connectivity index (χ4n) is 4.45. The lowest BCUT2D eigenvalue weighted by atomic mass is 9.72. The van der Waals surface area contributed by atoms with Crippen LogP contribution in [0.2, 0.25) is 0 Å². The third-order valence-corrected chi connectivity index (χ3v) is 5.94. The molecule has 3 aliphatic rings. The highest BCUT2D eigenvalue weighted by atomic mass is 16.3. The first kappa shape index (κ1) is 17.7. The summed E-state index contributed by atoms with van der Waals surface area (Å²) in [5, 5.41) is 7.17. The molecular formula is C21H21N5O3. The molecule has 148 valence electrons. The zero-order valence-electron chi connectivity index (χ0n) is 16.2. The Hall–Kier alpha value is -3.42. The average Bonchev–Trinajstić information content (AvgIpc) is 3.50. The van der Waals surface area contributed by atoms with E-state index in [-0.39, 0.29) is 29.7 Å². The molecule has 2 aromatic heterocycles. The molecule has 2 saturated heterocycles. The highest BCUT2D eigenvalue weighted by Gasteiger charge is 2.57. The van der Waals surface area contributed by atoms with Gasteiger partial charge in [-0.1, -0.05) is 30.3 Å². The number of hydrogen-bond donors (Lipinski definition) is 1. The number of fused-ring (bicyclic) bond motifs is 1. The van der Waals surface area contributed by atoms with E-state index < -0.39 is 0 Å². The zero-order chi connectivity index (χ0) is 20.1. The van der Waals surface area contributed by atoms with E-state index >= 15 is 0 Å². The molecule has 1 saturated carbocycles. The van der Waals surface area contributed by atoms with Crippen LogP contribution in [0.15, 0.2) is 47.2 Å². The van der Waals surface area contributed by atoms with Gasteiger partial charge in [0, 0.05) is 38.2 Å². The Kier molecular flexibility index (Phi) is 4.01. The van der Waals surface area contributed by atoms with Gasteiger partial charge in [0.2, 0.25) is 0 Å². The summed E-state index contributed by atoms with van der Waals surface area (Å²) in [4.78, 5) is 33.0. The van der Waals surface area contributed by atoms with Crippen LogP contribution in [0, 0.1) is 5.92 Å². The number of amides is 2. The summed E-state index contributed by atoms with van der Waals surface area (Å²) in [6.07, 6.45) is 2.23. The van der Waals surface area contributed by atoms with Crippen molar-refractivity contribution in [2.45, 2.75) is 18.4 Å². The molecule has 3 aromatic rings. The molecule has 6 rings (SSSR count). The molecule has 2 bridgehead atoms. The van der Waals surface area contributed by atoms with Crippen molar-refractivity contribution in [2.75, 3.05) is 20.6 Å². The standard InChI is InChI=1S/C21H21N5O3/c1-25(2)21(28)18-19(29-11-22-18)17-13-8-16(17)26(10-13)20(27)15-9-14(23-24-15)12-6-4-3-5-7-12/h3-7,9,11,13,16-17H,8,10H2,1-2H3,(H,23,24). The highest BCUT2D eigenvalue weighted by molar-refractivity contribution is 5.95. The molecule has 1 N–H and O–H groups in total. The van der Waals surface area contributed by atoms with Crippen LogP contribution in [0.4, 0.5) is 0 Å². The number of nitrogens with one attached hydrogen (secondary N) is 1. The first-order valence-electron chi connectivity index (χ1n) is 9.61. The first-order valence-corrected chi connectivity index (χ1v) is 9.61. The summed E-state index contributed by atoms with van der Waals surface area (Å²) in [5.74, 6) is 0.627. The summed E-state index contributed by atoms with van der Waals surface area (Å²) in [5.41, 5.74) is 2.51. The van der Waals surface area contributed by atoms with Gasteiger partial charge in [0.15, 0.2) is 12.1 Å². The van der Waals surface area contributed by atoms with Crippen molar-refractivity contribution < 1.29 is 14.0 Å². The molecular weight excluding hydrogens is 370 g/mol. The largest absolute Gasteiger partial charge is 0.447 e. The lowest BCUT2D eigenvalue weighted by Gasteiger charge is -2.35. The second-order valence-corrected chi connectivity index (χ2v) is 7.84. The predicted octanol–water partition coefficient (Wildman–Crippen LogP) is 2.39. The van der Waals surface area contributed by atoms with Gasteiger partial charge >= 0.3 is 0 Å².